The highest BCUT2D eigenvalue weighted by Crippen LogP contribution is 2.16. The van der Waals surface area contributed by atoms with E-state index in [1.807, 2.05) is 37.4 Å². The van der Waals surface area contributed by atoms with E-state index in [2.05, 4.69) is 10.2 Å². The number of likely N-dealkylation sites (tertiary alicyclic amines) is 1. The molecule has 1 atom stereocenters. The van der Waals surface area contributed by atoms with Gasteiger partial charge in [-0.25, -0.2) is 4.79 Å². The van der Waals surface area contributed by atoms with Gasteiger partial charge in [-0.05, 0) is 38.5 Å². The van der Waals surface area contributed by atoms with E-state index < -0.39 is 12.0 Å². The lowest BCUT2D eigenvalue weighted by Crippen LogP contribution is -2.47. The fourth-order valence-corrected chi connectivity index (χ4v) is 2.61. The lowest BCUT2D eigenvalue weighted by Gasteiger charge is -2.29. The van der Waals surface area contributed by atoms with Crippen molar-refractivity contribution in [1.29, 1.82) is 0 Å². The smallest absolute Gasteiger partial charge is 0.326 e. The van der Waals surface area contributed by atoms with Crippen molar-refractivity contribution in [1.82, 2.24) is 10.2 Å². The molecule has 0 bridgehead atoms. The summed E-state index contributed by atoms with van der Waals surface area (Å²) in [7, 11) is 2.03. The minimum absolute atomic E-state index is 0.0705. The molecule has 5 heteroatoms. The lowest BCUT2D eigenvalue weighted by atomic mass is 9.95. The number of benzene rings is 1. The third-order valence-corrected chi connectivity index (χ3v) is 3.99. The highest BCUT2D eigenvalue weighted by molar-refractivity contribution is 5.85. The number of piperidine rings is 1. The van der Waals surface area contributed by atoms with Gasteiger partial charge in [0.1, 0.15) is 6.04 Å². The number of nitrogens with one attached hydrogen (secondary N) is 1. The average Bonchev–Trinajstić information content (AvgIpc) is 2.48. The Morgan fingerprint density at radius 3 is 2.48 bits per heavy atom. The molecule has 0 aromatic heterocycles. The zero-order chi connectivity index (χ0) is 15.2. The van der Waals surface area contributed by atoms with Gasteiger partial charge in [0.2, 0.25) is 5.91 Å². The van der Waals surface area contributed by atoms with E-state index in [0.29, 0.717) is 6.42 Å². The Hall–Kier alpha value is -1.88. The van der Waals surface area contributed by atoms with Gasteiger partial charge in [0.05, 0.1) is 0 Å². The first-order valence-electron chi connectivity index (χ1n) is 7.32. The van der Waals surface area contributed by atoms with Crippen molar-refractivity contribution in [3.05, 3.63) is 35.9 Å². The Morgan fingerprint density at radius 2 is 1.90 bits per heavy atom. The van der Waals surface area contributed by atoms with Crippen LogP contribution in [-0.4, -0.2) is 48.1 Å². The van der Waals surface area contributed by atoms with Gasteiger partial charge in [0.25, 0.3) is 0 Å². The summed E-state index contributed by atoms with van der Waals surface area (Å²) in [5.41, 5.74) is 0.911. The predicted molar refractivity (Wildman–Crippen MR) is 79.9 cm³/mol. The Morgan fingerprint density at radius 1 is 1.29 bits per heavy atom. The molecule has 21 heavy (non-hydrogen) atoms. The molecule has 1 aliphatic heterocycles. The summed E-state index contributed by atoms with van der Waals surface area (Å²) in [6.45, 7) is 1.77. The molecule has 114 valence electrons. The number of aliphatic carboxylic acids is 1. The van der Waals surface area contributed by atoms with Crippen molar-refractivity contribution in [2.24, 2.45) is 5.92 Å². The van der Waals surface area contributed by atoms with E-state index >= 15 is 0 Å². The lowest BCUT2D eigenvalue weighted by molar-refractivity contribution is -0.142. The van der Waals surface area contributed by atoms with Crippen LogP contribution < -0.4 is 5.32 Å². The molecule has 2 rings (SSSR count). The molecule has 5 nitrogen and oxygen atoms in total. The maximum Gasteiger partial charge on any atom is 0.326 e. The monoisotopic (exact) mass is 290 g/mol. The third-order valence-electron chi connectivity index (χ3n) is 3.99. The number of hydrogen-bond acceptors (Lipinski definition) is 3. The molecule has 1 aliphatic rings. The Kier molecular flexibility index (Phi) is 5.33. The molecule has 2 N–H and O–H groups in total. The molecule has 0 spiro atoms. The molecule has 1 heterocycles. The fourth-order valence-electron chi connectivity index (χ4n) is 2.61. The summed E-state index contributed by atoms with van der Waals surface area (Å²) in [6, 6.07) is 8.51. The molecule has 1 aromatic rings. The highest BCUT2D eigenvalue weighted by atomic mass is 16.4. The summed E-state index contributed by atoms with van der Waals surface area (Å²) < 4.78 is 0. The zero-order valence-electron chi connectivity index (χ0n) is 12.3. The Labute approximate surface area is 125 Å². The predicted octanol–water partition coefficient (Wildman–Crippen LogP) is 1.14. The van der Waals surface area contributed by atoms with Crippen LogP contribution in [0.25, 0.3) is 0 Å². The second-order valence-corrected chi connectivity index (χ2v) is 5.67. The van der Waals surface area contributed by atoms with E-state index in [0.717, 1.165) is 31.5 Å². The van der Waals surface area contributed by atoms with E-state index in [-0.39, 0.29) is 11.8 Å². The van der Waals surface area contributed by atoms with Crippen LogP contribution in [0.15, 0.2) is 30.3 Å². The minimum atomic E-state index is -0.986. The summed E-state index contributed by atoms with van der Waals surface area (Å²) in [5, 5.41) is 12.0. The van der Waals surface area contributed by atoms with Crippen molar-refractivity contribution >= 4 is 11.9 Å². The second kappa shape index (κ2) is 7.22. The van der Waals surface area contributed by atoms with Crippen LogP contribution in [0.4, 0.5) is 0 Å². The SMILES string of the molecule is CN1CCC(C(=O)NC(Cc2ccccc2)C(=O)O)CC1. The largest absolute Gasteiger partial charge is 0.480 e. The number of carbonyl (C=O) groups is 2. The van der Waals surface area contributed by atoms with Gasteiger partial charge >= 0.3 is 5.97 Å². The van der Waals surface area contributed by atoms with Crippen LogP contribution in [0.1, 0.15) is 18.4 Å². The summed E-state index contributed by atoms with van der Waals surface area (Å²) >= 11 is 0. The topological polar surface area (TPSA) is 69.6 Å². The van der Waals surface area contributed by atoms with Gasteiger partial charge < -0.3 is 15.3 Å². The zero-order valence-corrected chi connectivity index (χ0v) is 12.3. The molecule has 1 aromatic carbocycles. The molecule has 1 fully saturated rings. The summed E-state index contributed by atoms with van der Waals surface area (Å²) in [4.78, 5) is 25.8. The maximum absolute atomic E-state index is 12.2. The van der Waals surface area contributed by atoms with Crippen LogP contribution in [0.3, 0.4) is 0 Å². The van der Waals surface area contributed by atoms with E-state index in [4.69, 9.17) is 0 Å². The van der Waals surface area contributed by atoms with Crippen LogP contribution in [0.2, 0.25) is 0 Å². The number of rotatable bonds is 5. The first-order chi connectivity index (χ1) is 10.1. The number of carbonyl (C=O) groups excluding carboxylic acids is 1. The number of carboxylic acid groups (broad SMARTS) is 1. The van der Waals surface area contributed by atoms with Crippen LogP contribution in [0, 0.1) is 5.92 Å². The molecule has 0 aliphatic carbocycles. The van der Waals surface area contributed by atoms with Gasteiger partial charge in [-0.2, -0.15) is 0 Å². The highest BCUT2D eigenvalue weighted by Gasteiger charge is 2.27. The van der Waals surface area contributed by atoms with Crippen molar-refractivity contribution in [2.75, 3.05) is 20.1 Å². The van der Waals surface area contributed by atoms with Crippen LogP contribution >= 0.6 is 0 Å². The summed E-state index contributed by atoms with van der Waals surface area (Å²) in [6.07, 6.45) is 1.90. The normalized spacial score (nSPS) is 18.1. The maximum atomic E-state index is 12.2. The van der Waals surface area contributed by atoms with Crippen molar-refractivity contribution in [3.63, 3.8) is 0 Å². The number of nitrogens with zero attached hydrogens (tertiary/aromatic N) is 1. The molecular weight excluding hydrogens is 268 g/mol. The first kappa shape index (κ1) is 15.5. The quantitative estimate of drug-likeness (QED) is 0.853. The van der Waals surface area contributed by atoms with E-state index in [1.165, 1.54) is 0 Å². The molecule has 1 unspecified atom stereocenters. The average molecular weight is 290 g/mol. The third kappa shape index (κ3) is 4.56. The summed E-state index contributed by atoms with van der Waals surface area (Å²) in [5.74, 6) is -1.19. The van der Waals surface area contributed by atoms with Crippen LogP contribution in [-0.2, 0) is 16.0 Å². The first-order valence-corrected chi connectivity index (χ1v) is 7.32. The molecule has 1 saturated heterocycles. The van der Waals surface area contributed by atoms with E-state index in [9.17, 15) is 14.7 Å². The number of carboxylic acids is 1. The van der Waals surface area contributed by atoms with E-state index in [1.54, 1.807) is 0 Å². The number of hydrogen-bond donors (Lipinski definition) is 2. The molecular formula is C16H22N2O3. The van der Waals surface area contributed by atoms with Gasteiger partial charge in [-0.15, -0.1) is 0 Å². The van der Waals surface area contributed by atoms with Crippen molar-refractivity contribution in [3.8, 4) is 0 Å². The standard InChI is InChI=1S/C16H22N2O3/c1-18-9-7-13(8-10-18)15(19)17-14(16(20)21)11-12-5-3-2-4-6-12/h2-6,13-14H,7-11H2,1H3,(H,17,19)(H,20,21). The minimum Gasteiger partial charge on any atom is -0.480 e. The van der Waals surface area contributed by atoms with Gasteiger partial charge in [0.15, 0.2) is 0 Å². The van der Waals surface area contributed by atoms with Crippen molar-refractivity contribution in [2.45, 2.75) is 25.3 Å². The second-order valence-electron chi connectivity index (χ2n) is 5.67. The van der Waals surface area contributed by atoms with Gasteiger partial charge in [0, 0.05) is 12.3 Å². The van der Waals surface area contributed by atoms with Crippen LogP contribution in [0.5, 0.6) is 0 Å². The molecule has 1 amide bonds. The number of amides is 1. The Balaban J connectivity index is 1.93. The molecule has 0 radical (unpaired) electrons. The fraction of sp³-hybridized carbons (Fsp3) is 0.500. The van der Waals surface area contributed by atoms with Gasteiger partial charge in [-0.1, -0.05) is 30.3 Å². The van der Waals surface area contributed by atoms with Gasteiger partial charge in [-0.3, -0.25) is 4.79 Å². The van der Waals surface area contributed by atoms with Crippen molar-refractivity contribution < 1.29 is 14.7 Å². The molecule has 0 saturated carbocycles. The Bertz CT molecular complexity index is 482.